The number of hydrogen-bond donors (Lipinski definition) is 0. The van der Waals surface area contributed by atoms with Crippen LogP contribution in [0, 0.1) is 5.38 Å². The summed E-state index contributed by atoms with van der Waals surface area (Å²) in [5, 5.41) is 4.37. The third-order valence-corrected chi connectivity index (χ3v) is 2.13. The normalized spacial score (nSPS) is 10.2. The molecular formula is C8H5S. The molecule has 0 aliphatic heterocycles. The number of benzene rings is 1. The van der Waals surface area contributed by atoms with E-state index in [1.807, 2.05) is 18.2 Å². The van der Waals surface area contributed by atoms with E-state index >= 15 is 0 Å². The van der Waals surface area contributed by atoms with Crippen molar-refractivity contribution < 1.29 is 0 Å². The molecule has 1 aromatic carbocycles. The molecule has 0 atom stereocenters. The van der Waals surface area contributed by atoms with E-state index < -0.39 is 0 Å². The van der Waals surface area contributed by atoms with Gasteiger partial charge in [-0.15, -0.1) is 11.3 Å². The fraction of sp³-hybridized carbons (Fsp3) is 0. The van der Waals surface area contributed by atoms with E-state index in [0.717, 1.165) is 0 Å². The molecule has 0 nitrogen and oxygen atoms in total. The van der Waals surface area contributed by atoms with Crippen molar-refractivity contribution in [3.05, 3.63) is 35.7 Å². The van der Waals surface area contributed by atoms with Crippen molar-refractivity contribution >= 4 is 21.4 Å². The lowest BCUT2D eigenvalue weighted by atomic mass is 10.3. The molecule has 2 aromatic rings. The lowest BCUT2D eigenvalue weighted by Gasteiger charge is -1.82. The first kappa shape index (κ1) is 5.00. The molecule has 0 bridgehead atoms. The molecule has 0 saturated heterocycles. The van der Waals surface area contributed by atoms with Crippen molar-refractivity contribution in [2.24, 2.45) is 0 Å². The molecule has 0 spiro atoms. The lowest BCUT2D eigenvalue weighted by Crippen LogP contribution is -1.56. The Kier molecular flexibility index (Phi) is 1.03. The summed E-state index contributed by atoms with van der Waals surface area (Å²) in [6, 6.07) is 10.3. The van der Waals surface area contributed by atoms with Gasteiger partial charge in [-0.1, -0.05) is 18.2 Å². The van der Waals surface area contributed by atoms with Crippen LogP contribution in [-0.2, 0) is 0 Å². The highest BCUT2D eigenvalue weighted by Crippen LogP contribution is 2.18. The van der Waals surface area contributed by atoms with E-state index in [4.69, 9.17) is 0 Å². The zero-order valence-corrected chi connectivity index (χ0v) is 5.61. The molecule has 0 amide bonds. The van der Waals surface area contributed by atoms with Gasteiger partial charge in [0.2, 0.25) is 0 Å². The van der Waals surface area contributed by atoms with E-state index in [1.165, 1.54) is 10.1 Å². The molecule has 0 N–H and O–H groups in total. The van der Waals surface area contributed by atoms with Gasteiger partial charge in [0.15, 0.2) is 0 Å². The second kappa shape index (κ2) is 1.85. The molecule has 1 aromatic heterocycles. The molecule has 0 aliphatic rings. The molecule has 43 valence electrons. The highest BCUT2D eigenvalue weighted by atomic mass is 32.1. The fourth-order valence-corrected chi connectivity index (χ4v) is 1.55. The summed E-state index contributed by atoms with van der Waals surface area (Å²) in [6.45, 7) is 0. The lowest BCUT2D eigenvalue weighted by molar-refractivity contribution is 1.85. The topological polar surface area (TPSA) is 0 Å². The summed E-state index contributed by atoms with van der Waals surface area (Å²) in [6.07, 6.45) is 0. The first-order chi connectivity index (χ1) is 4.47. The second-order valence-corrected chi connectivity index (χ2v) is 2.78. The Labute approximate surface area is 57.8 Å². The van der Waals surface area contributed by atoms with E-state index in [2.05, 4.69) is 17.5 Å². The quantitative estimate of drug-likeness (QED) is 0.518. The molecule has 1 heterocycles. The van der Waals surface area contributed by atoms with Crippen LogP contribution >= 0.6 is 11.3 Å². The van der Waals surface area contributed by atoms with Crippen LogP contribution in [-0.4, -0.2) is 0 Å². The Bertz CT molecular complexity index is 279. The van der Waals surface area contributed by atoms with Gasteiger partial charge in [-0.05, 0) is 17.5 Å². The maximum absolute atomic E-state index is 3.08. The minimum atomic E-state index is 1.29. The highest BCUT2D eigenvalue weighted by Gasteiger charge is 1.88. The number of fused-ring (bicyclic) bond motifs is 1. The first-order valence-corrected chi connectivity index (χ1v) is 3.63. The number of hydrogen-bond acceptors (Lipinski definition) is 1. The molecule has 0 saturated carbocycles. The van der Waals surface area contributed by atoms with Crippen LogP contribution < -0.4 is 0 Å². The van der Waals surface area contributed by atoms with Crippen LogP contribution in [0.3, 0.4) is 0 Å². The van der Waals surface area contributed by atoms with Crippen LogP contribution in [0.5, 0.6) is 0 Å². The molecule has 1 heteroatoms. The van der Waals surface area contributed by atoms with E-state index in [1.54, 1.807) is 11.3 Å². The summed E-state index contributed by atoms with van der Waals surface area (Å²) in [5.74, 6) is 0. The zero-order valence-electron chi connectivity index (χ0n) is 4.79. The van der Waals surface area contributed by atoms with Crippen molar-refractivity contribution in [3.63, 3.8) is 0 Å². The van der Waals surface area contributed by atoms with Crippen LogP contribution in [0.15, 0.2) is 30.3 Å². The summed E-state index contributed by atoms with van der Waals surface area (Å²) in [7, 11) is 0. The Morgan fingerprint density at radius 1 is 1.22 bits per heavy atom. The van der Waals surface area contributed by atoms with E-state index in [9.17, 15) is 0 Å². The number of thiophene rings is 1. The van der Waals surface area contributed by atoms with Crippen molar-refractivity contribution in [2.45, 2.75) is 0 Å². The summed E-state index contributed by atoms with van der Waals surface area (Å²) >= 11 is 1.66. The van der Waals surface area contributed by atoms with Gasteiger partial charge in [-0.3, -0.25) is 0 Å². The smallest absolute Gasteiger partial charge is 0.0455 e. The maximum atomic E-state index is 3.08. The second-order valence-electron chi connectivity index (χ2n) is 1.90. The third-order valence-electron chi connectivity index (χ3n) is 1.30. The van der Waals surface area contributed by atoms with Gasteiger partial charge in [-0.2, -0.15) is 0 Å². The van der Waals surface area contributed by atoms with Gasteiger partial charge in [0.25, 0.3) is 0 Å². The van der Waals surface area contributed by atoms with Crippen molar-refractivity contribution in [1.82, 2.24) is 0 Å². The molecule has 0 fully saturated rings. The van der Waals surface area contributed by atoms with Gasteiger partial charge in [0.05, 0.1) is 0 Å². The standard InChI is InChI=1S/C8H5S/c1-2-4-8-7(3-1)5-6-9-8/h1-5H. The highest BCUT2D eigenvalue weighted by molar-refractivity contribution is 7.16. The third kappa shape index (κ3) is 0.736. The van der Waals surface area contributed by atoms with Crippen molar-refractivity contribution in [2.75, 3.05) is 0 Å². The van der Waals surface area contributed by atoms with Crippen LogP contribution in [0.4, 0.5) is 0 Å². The molecule has 0 unspecified atom stereocenters. The van der Waals surface area contributed by atoms with Gasteiger partial charge in [0, 0.05) is 10.1 Å². The van der Waals surface area contributed by atoms with Gasteiger partial charge in [0.1, 0.15) is 0 Å². The average molecular weight is 133 g/mol. The Morgan fingerprint density at radius 3 is 3.00 bits per heavy atom. The summed E-state index contributed by atoms with van der Waals surface area (Å²) in [4.78, 5) is 0. The zero-order chi connectivity index (χ0) is 6.10. The van der Waals surface area contributed by atoms with Crippen LogP contribution in [0.2, 0.25) is 0 Å². The average Bonchev–Trinajstić information content (AvgIpc) is 2.33. The Balaban J connectivity index is 2.95. The van der Waals surface area contributed by atoms with E-state index in [0.29, 0.717) is 0 Å². The SMILES string of the molecule is [c]1cc2ccccc2s1. The van der Waals surface area contributed by atoms with Crippen molar-refractivity contribution in [1.29, 1.82) is 0 Å². The largest absolute Gasteiger partial charge is 0.134 e. The summed E-state index contributed by atoms with van der Waals surface area (Å²) in [5.41, 5.74) is 0. The minimum absolute atomic E-state index is 1.29. The van der Waals surface area contributed by atoms with Gasteiger partial charge in [-0.25, -0.2) is 0 Å². The molecule has 2 rings (SSSR count). The predicted octanol–water partition coefficient (Wildman–Crippen LogP) is 2.70. The Morgan fingerprint density at radius 2 is 2.11 bits per heavy atom. The van der Waals surface area contributed by atoms with Crippen LogP contribution in [0.25, 0.3) is 10.1 Å². The van der Waals surface area contributed by atoms with Crippen molar-refractivity contribution in [3.8, 4) is 0 Å². The predicted molar refractivity (Wildman–Crippen MR) is 40.7 cm³/mol. The Hall–Kier alpha value is -0.820. The summed E-state index contributed by atoms with van der Waals surface area (Å²) < 4.78 is 1.32. The number of rotatable bonds is 0. The van der Waals surface area contributed by atoms with Crippen LogP contribution in [0.1, 0.15) is 0 Å². The first-order valence-electron chi connectivity index (χ1n) is 2.81. The minimum Gasteiger partial charge on any atom is -0.134 e. The monoisotopic (exact) mass is 133 g/mol. The van der Waals surface area contributed by atoms with E-state index in [-0.39, 0.29) is 0 Å². The fourth-order valence-electron chi connectivity index (χ4n) is 0.849. The molecule has 0 aliphatic carbocycles. The molecular weight excluding hydrogens is 128 g/mol. The van der Waals surface area contributed by atoms with Gasteiger partial charge < -0.3 is 0 Å². The van der Waals surface area contributed by atoms with Gasteiger partial charge >= 0.3 is 0 Å². The molecule has 9 heavy (non-hydrogen) atoms. The maximum Gasteiger partial charge on any atom is 0.0455 e. The molecule has 1 radical (unpaired) electrons.